The molecule has 1 heterocycles. The van der Waals surface area contributed by atoms with Gasteiger partial charge >= 0.3 is 5.97 Å². The molecule has 0 atom stereocenters. The Morgan fingerprint density at radius 2 is 1.96 bits per heavy atom. The Hall–Kier alpha value is -1.09. The van der Waals surface area contributed by atoms with Gasteiger partial charge in [0.05, 0.1) is 11.4 Å². The third-order valence-corrected chi connectivity index (χ3v) is 7.00. The minimum absolute atomic E-state index is 0.0211. The molecule has 0 amide bonds. The Morgan fingerprint density at radius 1 is 1.35 bits per heavy atom. The van der Waals surface area contributed by atoms with Gasteiger partial charge in [0.1, 0.15) is 0 Å². The van der Waals surface area contributed by atoms with Gasteiger partial charge in [-0.15, -0.1) is 11.8 Å². The fraction of sp³-hybridized carbons (Fsp3) is 0.533. The molecule has 23 heavy (non-hydrogen) atoms. The van der Waals surface area contributed by atoms with E-state index in [1.165, 1.54) is 16.1 Å². The summed E-state index contributed by atoms with van der Waals surface area (Å²) < 4.78 is 27.2. The van der Waals surface area contributed by atoms with Gasteiger partial charge in [-0.05, 0) is 38.3 Å². The molecule has 0 aliphatic carbocycles. The standard InChI is InChI=1S/C15H22N2O4S2/c1-16(11-15(18)19)12-7-9-17(10-8-12)23(20,21)14-6-4-3-5-13(14)22-2/h3-6,12H,7-11H2,1-2H3,(H,18,19). The molecule has 0 bridgehead atoms. The molecule has 1 fully saturated rings. The van der Waals surface area contributed by atoms with Crippen LogP contribution in [0, 0.1) is 0 Å². The maximum atomic E-state index is 12.8. The number of rotatable bonds is 6. The van der Waals surface area contributed by atoms with Gasteiger partial charge < -0.3 is 5.11 Å². The number of likely N-dealkylation sites (N-methyl/N-ethyl adjacent to an activating group) is 1. The lowest BCUT2D eigenvalue weighted by molar-refractivity contribution is -0.138. The van der Waals surface area contributed by atoms with Gasteiger partial charge in [0.25, 0.3) is 0 Å². The second-order valence-electron chi connectivity index (χ2n) is 5.59. The molecule has 0 saturated carbocycles. The van der Waals surface area contributed by atoms with Crippen LogP contribution in [0.3, 0.4) is 0 Å². The zero-order chi connectivity index (χ0) is 17.0. The van der Waals surface area contributed by atoms with Crippen LogP contribution in [-0.2, 0) is 14.8 Å². The summed E-state index contributed by atoms with van der Waals surface area (Å²) in [6.45, 7) is 0.812. The van der Waals surface area contributed by atoms with Crippen LogP contribution in [0.1, 0.15) is 12.8 Å². The number of carboxylic acids is 1. The SMILES string of the molecule is CSc1ccccc1S(=O)(=O)N1CCC(N(C)CC(=O)O)CC1. The van der Waals surface area contributed by atoms with Crippen LogP contribution in [0.25, 0.3) is 0 Å². The van der Waals surface area contributed by atoms with Crippen molar-refractivity contribution in [2.45, 2.75) is 28.7 Å². The molecular weight excluding hydrogens is 336 g/mol. The highest BCUT2D eigenvalue weighted by Gasteiger charge is 2.32. The zero-order valence-corrected chi connectivity index (χ0v) is 14.9. The quantitative estimate of drug-likeness (QED) is 0.778. The maximum Gasteiger partial charge on any atom is 0.317 e. The molecule has 128 valence electrons. The van der Waals surface area contributed by atoms with Gasteiger partial charge in [-0.3, -0.25) is 9.69 Å². The van der Waals surface area contributed by atoms with Crippen molar-refractivity contribution in [2.75, 3.05) is 32.9 Å². The van der Waals surface area contributed by atoms with E-state index >= 15 is 0 Å². The number of carboxylic acid groups (broad SMARTS) is 1. The van der Waals surface area contributed by atoms with Crippen molar-refractivity contribution in [3.05, 3.63) is 24.3 Å². The maximum absolute atomic E-state index is 12.8. The van der Waals surface area contributed by atoms with E-state index in [0.717, 1.165) is 4.90 Å². The van der Waals surface area contributed by atoms with Gasteiger partial charge in [-0.2, -0.15) is 4.31 Å². The number of benzene rings is 1. The number of hydrogen-bond donors (Lipinski definition) is 1. The fourth-order valence-corrected chi connectivity index (χ4v) is 5.43. The Bertz CT molecular complexity index is 655. The van der Waals surface area contributed by atoms with Crippen LogP contribution in [0.5, 0.6) is 0 Å². The smallest absolute Gasteiger partial charge is 0.317 e. The van der Waals surface area contributed by atoms with E-state index < -0.39 is 16.0 Å². The highest BCUT2D eigenvalue weighted by molar-refractivity contribution is 7.99. The minimum atomic E-state index is -3.50. The summed E-state index contributed by atoms with van der Waals surface area (Å²) in [4.78, 5) is 13.7. The lowest BCUT2D eigenvalue weighted by Crippen LogP contribution is -2.46. The van der Waals surface area contributed by atoms with Crippen LogP contribution >= 0.6 is 11.8 Å². The van der Waals surface area contributed by atoms with E-state index in [4.69, 9.17) is 5.11 Å². The van der Waals surface area contributed by atoms with Gasteiger partial charge in [0.2, 0.25) is 10.0 Å². The summed E-state index contributed by atoms with van der Waals surface area (Å²) in [7, 11) is -1.73. The number of thioether (sulfide) groups is 1. The van der Waals surface area contributed by atoms with Gasteiger partial charge in [0.15, 0.2) is 0 Å². The van der Waals surface area contributed by atoms with Crippen LogP contribution < -0.4 is 0 Å². The molecule has 1 saturated heterocycles. The average Bonchev–Trinajstić information content (AvgIpc) is 2.54. The monoisotopic (exact) mass is 358 g/mol. The Labute approximate surface area is 141 Å². The third kappa shape index (κ3) is 4.26. The van der Waals surface area contributed by atoms with Crippen molar-refractivity contribution in [1.82, 2.24) is 9.21 Å². The number of sulfonamides is 1. The number of aliphatic carboxylic acids is 1. The molecular formula is C15H22N2O4S2. The van der Waals surface area contributed by atoms with E-state index in [0.29, 0.717) is 30.8 Å². The zero-order valence-electron chi connectivity index (χ0n) is 13.3. The number of nitrogens with zero attached hydrogens (tertiary/aromatic N) is 2. The molecule has 1 aromatic rings. The molecule has 0 unspecified atom stereocenters. The van der Waals surface area contributed by atoms with E-state index in [1.807, 2.05) is 18.4 Å². The first-order valence-electron chi connectivity index (χ1n) is 7.41. The first kappa shape index (κ1) is 18.3. The number of hydrogen-bond acceptors (Lipinski definition) is 5. The molecule has 0 radical (unpaired) electrons. The molecule has 0 spiro atoms. The molecule has 0 aromatic heterocycles. The molecule has 1 N–H and O–H groups in total. The normalized spacial score (nSPS) is 17.5. The van der Waals surface area contributed by atoms with Crippen LogP contribution in [0.15, 0.2) is 34.1 Å². The van der Waals surface area contributed by atoms with Crippen molar-refractivity contribution in [3.8, 4) is 0 Å². The van der Waals surface area contributed by atoms with E-state index in [1.54, 1.807) is 24.1 Å². The average molecular weight is 358 g/mol. The van der Waals surface area contributed by atoms with Crippen molar-refractivity contribution < 1.29 is 18.3 Å². The first-order chi connectivity index (χ1) is 10.9. The summed E-state index contributed by atoms with van der Waals surface area (Å²) in [6, 6.07) is 7.13. The number of piperidine rings is 1. The van der Waals surface area contributed by atoms with Crippen molar-refractivity contribution >= 4 is 27.8 Å². The predicted molar refractivity (Wildman–Crippen MR) is 90.3 cm³/mol. The van der Waals surface area contributed by atoms with Gasteiger partial charge in [0, 0.05) is 24.0 Å². The Kier molecular flexibility index (Phi) is 6.07. The fourth-order valence-electron chi connectivity index (χ4n) is 2.84. The molecule has 1 aliphatic rings. The Morgan fingerprint density at radius 3 is 2.52 bits per heavy atom. The molecule has 6 nitrogen and oxygen atoms in total. The van der Waals surface area contributed by atoms with Crippen molar-refractivity contribution in [1.29, 1.82) is 0 Å². The minimum Gasteiger partial charge on any atom is -0.480 e. The van der Waals surface area contributed by atoms with Crippen molar-refractivity contribution in [2.24, 2.45) is 0 Å². The molecule has 8 heteroatoms. The lowest BCUT2D eigenvalue weighted by Gasteiger charge is -2.35. The summed E-state index contributed by atoms with van der Waals surface area (Å²) in [5.74, 6) is -0.864. The van der Waals surface area contributed by atoms with Crippen LogP contribution in [0.4, 0.5) is 0 Å². The predicted octanol–water partition coefficient (Wildman–Crippen LogP) is 1.58. The van der Waals surface area contributed by atoms with Crippen LogP contribution in [0.2, 0.25) is 0 Å². The third-order valence-electron chi connectivity index (χ3n) is 4.12. The summed E-state index contributed by atoms with van der Waals surface area (Å²) in [5.41, 5.74) is 0. The second kappa shape index (κ2) is 7.65. The summed E-state index contributed by atoms with van der Waals surface area (Å²) >= 11 is 1.42. The van der Waals surface area contributed by atoms with Gasteiger partial charge in [-0.1, -0.05) is 12.1 Å². The molecule has 1 aromatic carbocycles. The van der Waals surface area contributed by atoms with E-state index in [2.05, 4.69) is 0 Å². The summed E-state index contributed by atoms with van der Waals surface area (Å²) in [6.07, 6.45) is 3.15. The van der Waals surface area contributed by atoms with E-state index in [9.17, 15) is 13.2 Å². The first-order valence-corrected chi connectivity index (χ1v) is 10.1. The number of carbonyl (C=O) groups is 1. The molecule has 2 rings (SSSR count). The lowest BCUT2D eigenvalue weighted by atomic mass is 10.1. The topological polar surface area (TPSA) is 77.9 Å². The Balaban J connectivity index is 2.08. The summed E-state index contributed by atoms with van der Waals surface area (Å²) in [5, 5.41) is 8.85. The second-order valence-corrected chi connectivity index (χ2v) is 8.35. The molecule has 1 aliphatic heterocycles. The van der Waals surface area contributed by atoms with Crippen LogP contribution in [-0.4, -0.2) is 67.7 Å². The van der Waals surface area contributed by atoms with Crippen molar-refractivity contribution in [3.63, 3.8) is 0 Å². The highest BCUT2D eigenvalue weighted by atomic mass is 32.2. The largest absolute Gasteiger partial charge is 0.480 e. The highest BCUT2D eigenvalue weighted by Crippen LogP contribution is 2.29. The van der Waals surface area contributed by atoms with E-state index in [-0.39, 0.29) is 12.6 Å². The van der Waals surface area contributed by atoms with Gasteiger partial charge in [-0.25, -0.2) is 8.42 Å².